The van der Waals surface area contributed by atoms with Crippen molar-refractivity contribution in [3.63, 3.8) is 0 Å². The van der Waals surface area contributed by atoms with Gasteiger partial charge in [0.05, 0.1) is 17.7 Å². The van der Waals surface area contributed by atoms with Gasteiger partial charge in [-0.2, -0.15) is 0 Å². The smallest absolute Gasteiger partial charge is 0.410 e. The lowest BCUT2D eigenvalue weighted by Crippen LogP contribution is -2.58. The molecule has 2 aromatic carbocycles. The predicted octanol–water partition coefficient (Wildman–Crippen LogP) is 6.64. The summed E-state index contributed by atoms with van der Waals surface area (Å²) in [4.78, 5) is 28.3. The van der Waals surface area contributed by atoms with E-state index in [0.29, 0.717) is 17.4 Å². The molecule has 208 valence electrons. The van der Waals surface area contributed by atoms with Crippen molar-refractivity contribution in [1.82, 2.24) is 10.2 Å². The Kier molecular flexibility index (Phi) is 9.05. The van der Waals surface area contributed by atoms with Crippen LogP contribution in [0.25, 0.3) is 0 Å². The van der Waals surface area contributed by atoms with Gasteiger partial charge in [-0.15, -0.1) is 0 Å². The topological polar surface area (TPSA) is 88.1 Å². The Hall–Kier alpha value is -2.36. The second-order valence-electron chi connectivity index (χ2n) is 12.4. The fraction of sp³-hybridized carbons (Fsp3) is 0.517. The molecule has 1 aliphatic rings. The van der Waals surface area contributed by atoms with Crippen molar-refractivity contribution in [2.75, 3.05) is 6.54 Å². The first-order valence-corrected chi connectivity index (χ1v) is 16.7. The van der Waals surface area contributed by atoms with Crippen LogP contribution in [0, 0.1) is 0 Å². The number of nitrogens with one attached hydrogen (secondary N) is 1. The van der Waals surface area contributed by atoms with Crippen molar-refractivity contribution >= 4 is 36.2 Å². The number of rotatable bonds is 6. The summed E-state index contributed by atoms with van der Waals surface area (Å²) in [6, 6.07) is 12.5. The molecule has 2 N–H and O–H groups in total. The molecule has 2 amide bonds. The zero-order valence-corrected chi connectivity index (χ0v) is 26.3. The Labute approximate surface area is 236 Å². The average molecular weight is 606 g/mol. The van der Waals surface area contributed by atoms with Crippen molar-refractivity contribution in [3.05, 3.63) is 63.6 Å². The second-order valence-corrected chi connectivity index (χ2v) is 18.1. The van der Waals surface area contributed by atoms with Crippen molar-refractivity contribution < 1.29 is 23.9 Å². The molecule has 1 heterocycles. The van der Waals surface area contributed by atoms with E-state index in [1.807, 2.05) is 39.0 Å². The highest BCUT2D eigenvalue weighted by molar-refractivity contribution is 9.10. The number of aromatic hydroxyl groups is 1. The molecule has 3 rings (SSSR count). The monoisotopic (exact) mass is 604 g/mol. The van der Waals surface area contributed by atoms with E-state index in [1.165, 1.54) is 6.07 Å². The molecule has 0 saturated heterocycles. The minimum Gasteiger partial charge on any atom is -0.507 e. The van der Waals surface area contributed by atoms with Crippen LogP contribution in [0.15, 0.2) is 46.9 Å². The number of benzene rings is 2. The minimum absolute atomic E-state index is 0.0808. The summed E-state index contributed by atoms with van der Waals surface area (Å²) < 4.78 is 13.4. The lowest BCUT2D eigenvalue weighted by atomic mass is 9.91. The van der Waals surface area contributed by atoms with Crippen LogP contribution in [0.4, 0.5) is 4.79 Å². The number of hydrogen-bond donors (Lipinski definition) is 2. The standard InChI is InChI=1S/C29H41BrN2O5Si/c1-28(2,3)36-27(35)32-18-20-12-10-9-11-19(20)15-23(32)25(37-38(7,8)29(4,5)6)17-31-26(34)22-14-13-21(30)16-24(22)33/h9-14,16,23,25,33H,15,17-18H2,1-8H3,(H,31,34)/t23-,25+/m0/s1. The zero-order valence-electron chi connectivity index (χ0n) is 23.7. The first-order chi connectivity index (χ1) is 17.5. The highest BCUT2D eigenvalue weighted by atomic mass is 79.9. The number of phenols is 1. The van der Waals surface area contributed by atoms with Crippen molar-refractivity contribution in [3.8, 4) is 5.75 Å². The van der Waals surface area contributed by atoms with Crippen LogP contribution in [-0.2, 0) is 22.1 Å². The molecule has 2 aromatic rings. The molecule has 2 atom stereocenters. The van der Waals surface area contributed by atoms with Crippen LogP contribution in [0.1, 0.15) is 63.0 Å². The number of ether oxygens (including phenoxy) is 1. The van der Waals surface area contributed by atoms with Gasteiger partial charge in [-0.25, -0.2) is 4.79 Å². The van der Waals surface area contributed by atoms with Crippen LogP contribution < -0.4 is 5.32 Å². The largest absolute Gasteiger partial charge is 0.507 e. The van der Waals surface area contributed by atoms with Crippen LogP contribution in [-0.4, -0.2) is 54.6 Å². The number of amides is 2. The first kappa shape index (κ1) is 30.2. The maximum absolute atomic E-state index is 13.5. The lowest BCUT2D eigenvalue weighted by Gasteiger charge is -2.46. The highest BCUT2D eigenvalue weighted by Gasteiger charge is 2.44. The lowest BCUT2D eigenvalue weighted by molar-refractivity contribution is -0.00881. The van der Waals surface area contributed by atoms with E-state index in [1.54, 1.807) is 17.0 Å². The number of carbonyl (C=O) groups excluding carboxylic acids is 2. The molecular formula is C29H41BrN2O5Si. The minimum atomic E-state index is -2.31. The number of carbonyl (C=O) groups is 2. The van der Waals surface area contributed by atoms with E-state index >= 15 is 0 Å². The molecule has 0 radical (unpaired) electrons. The van der Waals surface area contributed by atoms with Gasteiger partial charge in [-0.3, -0.25) is 9.69 Å². The van der Waals surface area contributed by atoms with Gasteiger partial charge in [0.15, 0.2) is 8.32 Å². The molecule has 0 spiro atoms. The van der Waals surface area contributed by atoms with Gasteiger partial charge in [0.25, 0.3) is 5.91 Å². The third-order valence-corrected chi connectivity index (χ3v) is 12.3. The molecule has 1 aliphatic heterocycles. The Morgan fingerprint density at radius 1 is 1.11 bits per heavy atom. The maximum atomic E-state index is 13.5. The van der Waals surface area contributed by atoms with E-state index in [0.717, 1.165) is 11.1 Å². The Bertz CT molecular complexity index is 1170. The van der Waals surface area contributed by atoms with Crippen LogP contribution >= 0.6 is 15.9 Å². The van der Waals surface area contributed by atoms with E-state index in [2.05, 4.69) is 61.2 Å². The SMILES string of the molecule is CC(C)(C)OC(=O)N1Cc2ccccc2C[C@H]1[C@@H](CNC(=O)c1ccc(Br)cc1O)O[Si](C)(C)C(C)(C)C. The molecular weight excluding hydrogens is 564 g/mol. The Morgan fingerprint density at radius 2 is 1.74 bits per heavy atom. The zero-order chi connectivity index (χ0) is 28.5. The summed E-state index contributed by atoms with van der Waals surface area (Å²) in [7, 11) is -2.31. The van der Waals surface area contributed by atoms with Gasteiger partial charge < -0.3 is 19.6 Å². The molecule has 7 nitrogen and oxygen atoms in total. The quantitative estimate of drug-likeness (QED) is 0.361. The summed E-state index contributed by atoms with van der Waals surface area (Å²) in [5.74, 6) is -0.514. The molecule has 0 aromatic heterocycles. The Balaban J connectivity index is 1.97. The fourth-order valence-electron chi connectivity index (χ4n) is 4.20. The summed E-state index contributed by atoms with van der Waals surface area (Å²) in [5.41, 5.74) is 1.75. The summed E-state index contributed by atoms with van der Waals surface area (Å²) in [5, 5.41) is 13.2. The normalized spacial score (nSPS) is 17.0. The molecule has 0 bridgehead atoms. The van der Waals surface area contributed by atoms with E-state index in [-0.39, 0.29) is 28.9 Å². The fourth-order valence-corrected chi connectivity index (χ4v) is 5.90. The molecule has 0 unspecified atom stereocenters. The summed E-state index contributed by atoms with van der Waals surface area (Å²) in [6.45, 7) is 16.9. The van der Waals surface area contributed by atoms with Gasteiger partial charge in [0.2, 0.25) is 0 Å². The average Bonchev–Trinajstić information content (AvgIpc) is 2.78. The molecule has 0 aliphatic carbocycles. The van der Waals surface area contributed by atoms with Crippen molar-refractivity contribution in [1.29, 1.82) is 0 Å². The maximum Gasteiger partial charge on any atom is 0.410 e. The van der Waals surface area contributed by atoms with Gasteiger partial charge in [-0.05, 0) is 74.7 Å². The Morgan fingerprint density at radius 3 is 2.32 bits per heavy atom. The third kappa shape index (κ3) is 7.39. The van der Waals surface area contributed by atoms with Crippen LogP contribution in [0.3, 0.4) is 0 Å². The second kappa shape index (κ2) is 11.4. The summed E-state index contributed by atoms with van der Waals surface area (Å²) in [6.07, 6.45) is -0.315. The number of nitrogens with zero attached hydrogens (tertiary/aromatic N) is 1. The molecule has 38 heavy (non-hydrogen) atoms. The number of fused-ring (bicyclic) bond motifs is 1. The van der Waals surface area contributed by atoms with Gasteiger partial charge in [0.1, 0.15) is 11.4 Å². The van der Waals surface area contributed by atoms with Crippen LogP contribution in [0.5, 0.6) is 5.75 Å². The summed E-state index contributed by atoms with van der Waals surface area (Å²) >= 11 is 3.31. The van der Waals surface area contributed by atoms with Gasteiger partial charge in [-0.1, -0.05) is 61.0 Å². The molecule has 0 saturated carbocycles. The van der Waals surface area contributed by atoms with Crippen molar-refractivity contribution in [2.45, 2.75) is 90.4 Å². The van der Waals surface area contributed by atoms with E-state index in [9.17, 15) is 14.7 Å². The van der Waals surface area contributed by atoms with E-state index < -0.39 is 32.0 Å². The predicted molar refractivity (Wildman–Crippen MR) is 156 cm³/mol. The highest BCUT2D eigenvalue weighted by Crippen LogP contribution is 2.39. The molecule has 0 fully saturated rings. The molecule has 9 heteroatoms. The number of phenolic OH excluding ortho intramolecular Hbond substituents is 1. The van der Waals surface area contributed by atoms with Gasteiger partial charge in [0, 0.05) is 17.6 Å². The first-order valence-electron chi connectivity index (χ1n) is 13.0. The van der Waals surface area contributed by atoms with Crippen LogP contribution in [0.2, 0.25) is 18.1 Å². The van der Waals surface area contributed by atoms with Gasteiger partial charge >= 0.3 is 6.09 Å². The van der Waals surface area contributed by atoms with E-state index in [4.69, 9.17) is 9.16 Å². The third-order valence-electron chi connectivity index (χ3n) is 7.27. The van der Waals surface area contributed by atoms with Crippen molar-refractivity contribution in [2.24, 2.45) is 0 Å². The number of halogens is 1. The number of hydrogen-bond acceptors (Lipinski definition) is 5.